The quantitative estimate of drug-likeness (QED) is 0.662. The van der Waals surface area contributed by atoms with Crippen molar-refractivity contribution in [2.75, 3.05) is 18.5 Å². The summed E-state index contributed by atoms with van der Waals surface area (Å²) in [6.07, 6.45) is 2.26. The Hall–Kier alpha value is -1.14. The average molecular weight is 329 g/mol. The van der Waals surface area contributed by atoms with E-state index in [2.05, 4.69) is 28.2 Å². The van der Waals surface area contributed by atoms with E-state index in [1.165, 1.54) is 6.07 Å². The van der Waals surface area contributed by atoms with Gasteiger partial charge in [0.15, 0.2) is 0 Å². The van der Waals surface area contributed by atoms with E-state index in [-0.39, 0.29) is 16.7 Å². The molecule has 0 bridgehead atoms. The third kappa shape index (κ3) is 3.45. The molecule has 1 aromatic rings. The molecule has 0 amide bonds. The highest BCUT2D eigenvalue weighted by Crippen LogP contribution is 2.29. The van der Waals surface area contributed by atoms with Gasteiger partial charge in [0.2, 0.25) is 0 Å². The van der Waals surface area contributed by atoms with Crippen molar-refractivity contribution in [1.29, 1.82) is 0 Å². The largest absolute Gasteiger partial charge is 0.379 e. The fourth-order valence-electron chi connectivity index (χ4n) is 2.42. The molecule has 2 atom stereocenters. The van der Waals surface area contributed by atoms with Crippen LogP contribution in [0.3, 0.4) is 0 Å². The van der Waals surface area contributed by atoms with Gasteiger partial charge in [0.25, 0.3) is 5.69 Å². The van der Waals surface area contributed by atoms with Gasteiger partial charge in [0.05, 0.1) is 11.0 Å². The van der Waals surface area contributed by atoms with E-state index in [1.54, 1.807) is 12.1 Å². The Bertz CT molecular complexity index is 467. The van der Waals surface area contributed by atoms with E-state index in [0.717, 1.165) is 19.4 Å². The molecule has 104 valence electrons. The number of nitrogens with zero attached hydrogens (tertiary/aromatic N) is 1. The molecule has 2 rings (SSSR count). The first kappa shape index (κ1) is 14.3. The summed E-state index contributed by atoms with van der Waals surface area (Å²) < 4.78 is 6.33. The maximum absolute atomic E-state index is 11.0. The molecule has 19 heavy (non-hydrogen) atoms. The molecule has 0 saturated carbocycles. The third-order valence-electron chi connectivity index (χ3n) is 3.46. The highest BCUT2D eigenvalue weighted by atomic mass is 79.9. The van der Waals surface area contributed by atoms with Crippen molar-refractivity contribution in [2.45, 2.75) is 25.9 Å². The molecule has 5 nitrogen and oxygen atoms in total. The topological polar surface area (TPSA) is 64.4 Å². The minimum Gasteiger partial charge on any atom is -0.379 e. The standard InChI is InChI=1S/C13H17BrN2O3/c1-2-13-9(5-6-19-13)8-15-11-4-3-10(14)7-12(11)16(17)18/h3-4,7,9,13,15H,2,5-6,8H2,1H3. The number of hydrogen-bond donors (Lipinski definition) is 1. The Balaban J connectivity index is 2.05. The van der Waals surface area contributed by atoms with Gasteiger partial charge >= 0.3 is 0 Å². The normalized spacial score (nSPS) is 22.4. The first-order valence-electron chi connectivity index (χ1n) is 6.41. The maximum Gasteiger partial charge on any atom is 0.293 e. The molecular weight excluding hydrogens is 312 g/mol. The molecule has 0 spiro atoms. The van der Waals surface area contributed by atoms with Crippen molar-refractivity contribution >= 4 is 27.3 Å². The van der Waals surface area contributed by atoms with Gasteiger partial charge in [-0.3, -0.25) is 10.1 Å². The predicted molar refractivity (Wildman–Crippen MR) is 77.4 cm³/mol. The lowest BCUT2D eigenvalue weighted by Gasteiger charge is -2.17. The minimum atomic E-state index is -0.366. The highest BCUT2D eigenvalue weighted by molar-refractivity contribution is 9.10. The minimum absolute atomic E-state index is 0.0985. The zero-order valence-corrected chi connectivity index (χ0v) is 12.4. The zero-order chi connectivity index (χ0) is 13.8. The van der Waals surface area contributed by atoms with E-state index in [1.807, 2.05) is 0 Å². The molecule has 0 aliphatic carbocycles. The third-order valence-corrected chi connectivity index (χ3v) is 3.95. The van der Waals surface area contributed by atoms with E-state index < -0.39 is 0 Å². The van der Waals surface area contributed by atoms with E-state index in [0.29, 0.717) is 22.6 Å². The number of hydrogen-bond acceptors (Lipinski definition) is 4. The van der Waals surface area contributed by atoms with Crippen LogP contribution in [0.15, 0.2) is 22.7 Å². The van der Waals surface area contributed by atoms with Crippen LogP contribution in [-0.2, 0) is 4.74 Å². The Kier molecular flexibility index (Phi) is 4.76. The van der Waals surface area contributed by atoms with Crippen molar-refractivity contribution in [3.05, 3.63) is 32.8 Å². The number of benzene rings is 1. The smallest absolute Gasteiger partial charge is 0.293 e. The number of halogens is 1. The number of nitro benzene ring substituents is 1. The molecule has 2 unspecified atom stereocenters. The van der Waals surface area contributed by atoms with E-state index >= 15 is 0 Å². The highest BCUT2D eigenvalue weighted by Gasteiger charge is 2.27. The van der Waals surface area contributed by atoms with Gasteiger partial charge in [-0.25, -0.2) is 0 Å². The number of nitrogens with one attached hydrogen (secondary N) is 1. The summed E-state index contributed by atoms with van der Waals surface area (Å²) in [6.45, 7) is 3.60. The van der Waals surface area contributed by atoms with Crippen molar-refractivity contribution in [3.63, 3.8) is 0 Å². The second-order valence-corrected chi connectivity index (χ2v) is 5.58. The van der Waals surface area contributed by atoms with Gasteiger partial charge in [-0.15, -0.1) is 0 Å². The van der Waals surface area contributed by atoms with Crippen molar-refractivity contribution in [1.82, 2.24) is 0 Å². The first-order chi connectivity index (χ1) is 9.11. The molecule has 0 aromatic heterocycles. The van der Waals surface area contributed by atoms with Gasteiger partial charge in [-0.05, 0) is 25.0 Å². The lowest BCUT2D eigenvalue weighted by molar-refractivity contribution is -0.384. The van der Waals surface area contributed by atoms with Crippen LogP contribution in [0.1, 0.15) is 19.8 Å². The predicted octanol–water partition coefficient (Wildman–Crippen LogP) is 3.58. The summed E-state index contributed by atoms with van der Waals surface area (Å²) in [7, 11) is 0. The molecule has 1 saturated heterocycles. The van der Waals surface area contributed by atoms with Crippen LogP contribution in [0, 0.1) is 16.0 Å². The number of ether oxygens (including phenoxy) is 1. The van der Waals surface area contributed by atoms with Crippen molar-refractivity contribution in [3.8, 4) is 0 Å². The summed E-state index contributed by atoms with van der Waals surface area (Å²) in [4.78, 5) is 10.6. The molecule has 1 aliphatic rings. The molecule has 6 heteroatoms. The average Bonchev–Trinajstić information content (AvgIpc) is 2.84. The summed E-state index contributed by atoms with van der Waals surface area (Å²) in [5.41, 5.74) is 0.663. The summed E-state index contributed by atoms with van der Waals surface area (Å²) in [5, 5.41) is 14.2. The van der Waals surface area contributed by atoms with Gasteiger partial charge in [-0.2, -0.15) is 0 Å². The Morgan fingerprint density at radius 2 is 2.37 bits per heavy atom. The van der Waals surface area contributed by atoms with Crippen LogP contribution in [0.4, 0.5) is 11.4 Å². The number of nitro groups is 1. The lowest BCUT2D eigenvalue weighted by Crippen LogP contribution is -2.23. The van der Waals surface area contributed by atoms with Gasteiger partial charge in [0, 0.05) is 29.6 Å². The van der Waals surface area contributed by atoms with E-state index in [4.69, 9.17) is 4.74 Å². The van der Waals surface area contributed by atoms with Crippen LogP contribution in [0.2, 0.25) is 0 Å². The fraction of sp³-hybridized carbons (Fsp3) is 0.538. The molecular formula is C13H17BrN2O3. The second kappa shape index (κ2) is 6.34. The van der Waals surface area contributed by atoms with Crippen LogP contribution in [0.25, 0.3) is 0 Å². The SMILES string of the molecule is CCC1OCCC1CNc1ccc(Br)cc1[N+](=O)[O-]. The number of anilines is 1. The summed E-state index contributed by atoms with van der Waals surface area (Å²) >= 11 is 3.25. The van der Waals surface area contributed by atoms with Gasteiger partial charge < -0.3 is 10.1 Å². The lowest BCUT2D eigenvalue weighted by atomic mass is 9.99. The first-order valence-corrected chi connectivity index (χ1v) is 7.20. The van der Waals surface area contributed by atoms with Crippen molar-refractivity contribution in [2.24, 2.45) is 5.92 Å². The number of rotatable bonds is 5. The maximum atomic E-state index is 11.0. The Labute approximate surface area is 120 Å². The van der Waals surface area contributed by atoms with Crippen LogP contribution >= 0.6 is 15.9 Å². The second-order valence-electron chi connectivity index (χ2n) is 4.67. The van der Waals surface area contributed by atoms with E-state index in [9.17, 15) is 10.1 Å². The fourth-order valence-corrected chi connectivity index (χ4v) is 2.77. The van der Waals surface area contributed by atoms with Gasteiger partial charge in [-0.1, -0.05) is 22.9 Å². The van der Waals surface area contributed by atoms with Crippen LogP contribution in [0.5, 0.6) is 0 Å². The summed E-state index contributed by atoms with van der Waals surface area (Å²) in [5.74, 6) is 0.424. The molecule has 1 heterocycles. The molecule has 1 aliphatic heterocycles. The molecule has 0 radical (unpaired) electrons. The molecule has 1 fully saturated rings. The summed E-state index contributed by atoms with van der Waals surface area (Å²) in [6, 6.07) is 5.06. The van der Waals surface area contributed by atoms with Gasteiger partial charge in [0.1, 0.15) is 5.69 Å². The molecule has 1 aromatic carbocycles. The Morgan fingerprint density at radius 1 is 1.58 bits per heavy atom. The Morgan fingerprint density at radius 3 is 3.05 bits per heavy atom. The van der Waals surface area contributed by atoms with Crippen LogP contribution in [-0.4, -0.2) is 24.2 Å². The molecule has 1 N–H and O–H groups in total. The van der Waals surface area contributed by atoms with Crippen molar-refractivity contribution < 1.29 is 9.66 Å². The zero-order valence-electron chi connectivity index (χ0n) is 10.8. The van der Waals surface area contributed by atoms with Crippen LogP contribution < -0.4 is 5.32 Å². The monoisotopic (exact) mass is 328 g/mol.